The largest absolute Gasteiger partial charge is 0.394 e. The van der Waals surface area contributed by atoms with Gasteiger partial charge < -0.3 is 180 Å². The second-order valence-electron chi connectivity index (χ2n) is 22.5. The molecule has 40 heteroatoms. The van der Waals surface area contributed by atoms with Crippen LogP contribution in [0.5, 0.6) is 0 Å². The molecule has 7 saturated heterocycles. The van der Waals surface area contributed by atoms with E-state index in [1.807, 2.05) is 0 Å². The van der Waals surface area contributed by atoms with Gasteiger partial charge >= 0.3 is 0 Å². The van der Waals surface area contributed by atoms with Crippen LogP contribution in [0.3, 0.4) is 0 Å². The average Bonchev–Trinajstić information content (AvgIpc) is 0.839. The Hall–Kier alpha value is -3.40. The van der Waals surface area contributed by atoms with Crippen LogP contribution in [-0.2, 0) is 80.8 Å². The first-order valence-electron chi connectivity index (χ1n) is 28.6. The second kappa shape index (κ2) is 32.4. The summed E-state index contributed by atoms with van der Waals surface area (Å²) in [5.41, 5.74) is 0. The maximum Gasteiger partial charge on any atom is 0.217 e. The van der Waals surface area contributed by atoms with Crippen LogP contribution in [0.2, 0.25) is 0 Å². The van der Waals surface area contributed by atoms with E-state index in [1.54, 1.807) is 0 Å². The van der Waals surface area contributed by atoms with Crippen LogP contribution in [0.4, 0.5) is 0 Å². The van der Waals surface area contributed by atoms with E-state index in [0.29, 0.717) is 0 Å². The molecule has 0 radical (unpaired) electrons. The molecule has 7 heterocycles. The molecule has 7 fully saturated rings. The van der Waals surface area contributed by atoms with Gasteiger partial charge in [0.15, 0.2) is 44.0 Å². The molecule has 4 amide bonds. The quantitative estimate of drug-likeness (QED) is 0.0452. The van der Waals surface area contributed by atoms with Crippen molar-refractivity contribution in [2.24, 2.45) is 0 Å². The number of hydrogen-bond acceptors (Lipinski definition) is 36. The van der Waals surface area contributed by atoms with Gasteiger partial charge in [0.1, 0.15) is 171 Å². The lowest BCUT2D eigenvalue weighted by Crippen LogP contribution is -2.71. The summed E-state index contributed by atoms with van der Waals surface area (Å²) in [7, 11) is 0. The van der Waals surface area contributed by atoms with Gasteiger partial charge in [-0.05, 0) is 0 Å². The third-order valence-electron chi connectivity index (χ3n) is 16.1. The van der Waals surface area contributed by atoms with Crippen molar-refractivity contribution >= 4 is 23.6 Å². The number of nitrogens with one attached hydrogen (secondary N) is 4. The first kappa shape index (κ1) is 74.0. The number of aliphatic hydroxyl groups excluding tert-OH is 19. The summed E-state index contributed by atoms with van der Waals surface area (Å²) in [5, 5.41) is 217. The molecule has 0 bridgehead atoms. The van der Waals surface area contributed by atoms with Crippen LogP contribution in [0, 0.1) is 0 Å². The standard InChI is InChI=1S/C50H84N4O36/c1-12(61)51-23-33(71)39(21(10-60)84-46(23)87-40-24(52-13(2)62)44(77)79-18(7-57)29(40)67)86-50-38(76)43(90-47-26(54-15(4)64)42(31(69)20(9-59)81-47)89-49-37(75)35(73)28(66)17(6-56)83-49)32(70)22(85-50)11-78-45-25(53-14(3)63)41(30(68)19(8-58)80-45)88-48-36(74)34(72)27(65)16(5-55)82-48/h16-50,55-60,65-77H,5-11H2,1-4H3,(H,51,61)(H,52,62)(H,53,63)(H,54,64)/t16-,17-,18-,19-,20-,21-,22-,23-,24-,25-,26-,27+,28+,29+,30-,31-,32+,33-,34+,35+,36-,37-,38-,39-,40-,41-,42-,43+,44?,45-,46+,47+,48+,49+,50+/m1/s1. The van der Waals surface area contributed by atoms with Gasteiger partial charge in [-0.2, -0.15) is 0 Å². The maximum absolute atomic E-state index is 13.0. The zero-order valence-electron chi connectivity index (χ0n) is 48.6. The van der Waals surface area contributed by atoms with E-state index in [1.165, 1.54) is 0 Å². The molecule has 520 valence electrons. The molecular formula is C50H84N4O36. The lowest BCUT2D eigenvalue weighted by Gasteiger charge is -2.51. The predicted molar refractivity (Wildman–Crippen MR) is 278 cm³/mol. The fourth-order valence-electron chi connectivity index (χ4n) is 11.5. The maximum atomic E-state index is 13.0. The van der Waals surface area contributed by atoms with Crippen molar-refractivity contribution < 1.29 is 178 Å². The Balaban J connectivity index is 1.25. The van der Waals surface area contributed by atoms with Gasteiger partial charge in [0.25, 0.3) is 0 Å². The van der Waals surface area contributed by atoms with E-state index in [0.717, 1.165) is 27.7 Å². The minimum atomic E-state index is -2.42. The second-order valence-corrected chi connectivity index (χ2v) is 22.5. The molecule has 0 aromatic rings. The molecule has 0 aliphatic carbocycles. The summed E-state index contributed by atoms with van der Waals surface area (Å²) in [6.07, 6.45) is -61.0. The van der Waals surface area contributed by atoms with Crippen molar-refractivity contribution in [1.82, 2.24) is 21.3 Å². The fourth-order valence-corrected chi connectivity index (χ4v) is 11.5. The van der Waals surface area contributed by atoms with E-state index in [2.05, 4.69) is 21.3 Å². The van der Waals surface area contributed by atoms with Crippen molar-refractivity contribution in [1.29, 1.82) is 0 Å². The fraction of sp³-hybridized carbons (Fsp3) is 0.920. The van der Waals surface area contributed by atoms with Crippen molar-refractivity contribution in [3.63, 3.8) is 0 Å². The monoisotopic (exact) mass is 1320 g/mol. The Morgan fingerprint density at radius 1 is 0.289 bits per heavy atom. The molecule has 7 aliphatic heterocycles. The smallest absolute Gasteiger partial charge is 0.217 e. The van der Waals surface area contributed by atoms with Crippen molar-refractivity contribution in [3.8, 4) is 0 Å². The van der Waals surface area contributed by atoms with Gasteiger partial charge in [0.2, 0.25) is 23.6 Å². The number of rotatable bonds is 23. The van der Waals surface area contributed by atoms with E-state index in [-0.39, 0.29) is 0 Å². The third kappa shape index (κ3) is 16.4. The number of aliphatic hydroxyl groups is 19. The van der Waals surface area contributed by atoms with Crippen LogP contribution in [0.25, 0.3) is 0 Å². The normalized spacial score (nSPS) is 47.6. The van der Waals surface area contributed by atoms with Crippen LogP contribution in [-0.4, -0.2) is 382 Å². The van der Waals surface area contributed by atoms with Crippen molar-refractivity contribution in [3.05, 3.63) is 0 Å². The summed E-state index contributed by atoms with van der Waals surface area (Å²) >= 11 is 0. The van der Waals surface area contributed by atoms with E-state index in [9.17, 15) is 116 Å². The highest BCUT2D eigenvalue weighted by molar-refractivity contribution is 5.74. The molecule has 7 aliphatic rings. The summed E-state index contributed by atoms with van der Waals surface area (Å²) in [5.74, 6) is -3.45. The number of carbonyl (C=O) groups is 4. The van der Waals surface area contributed by atoms with E-state index < -0.39 is 285 Å². The molecule has 90 heavy (non-hydrogen) atoms. The van der Waals surface area contributed by atoms with Gasteiger partial charge in [0, 0.05) is 27.7 Å². The van der Waals surface area contributed by atoms with Crippen LogP contribution in [0.15, 0.2) is 0 Å². The molecule has 0 saturated carbocycles. The van der Waals surface area contributed by atoms with E-state index >= 15 is 0 Å². The van der Waals surface area contributed by atoms with Crippen molar-refractivity contribution in [2.75, 3.05) is 46.2 Å². The summed E-state index contributed by atoms with van der Waals surface area (Å²) in [6, 6.07) is -7.09. The molecule has 35 atom stereocenters. The molecular weight excluding hydrogens is 1230 g/mol. The minimum Gasteiger partial charge on any atom is -0.394 e. The lowest BCUT2D eigenvalue weighted by molar-refractivity contribution is -0.383. The summed E-state index contributed by atoms with van der Waals surface area (Å²) in [6.45, 7) is -3.08. The Bertz CT molecular complexity index is 2310. The third-order valence-corrected chi connectivity index (χ3v) is 16.1. The highest BCUT2D eigenvalue weighted by atomic mass is 16.8. The van der Waals surface area contributed by atoms with Gasteiger partial charge in [-0.1, -0.05) is 0 Å². The molecule has 40 nitrogen and oxygen atoms in total. The first-order valence-corrected chi connectivity index (χ1v) is 28.6. The van der Waals surface area contributed by atoms with Gasteiger partial charge in [-0.3, -0.25) is 19.2 Å². The number of amides is 4. The number of carbonyl (C=O) groups excluding carboxylic acids is 4. The number of ether oxygens (including phenoxy) is 13. The van der Waals surface area contributed by atoms with Gasteiger partial charge in [-0.15, -0.1) is 0 Å². The Morgan fingerprint density at radius 2 is 0.589 bits per heavy atom. The van der Waals surface area contributed by atoms with Crippen molar-refractivity contribution in [2.45, 2.75) is 242 Å². The molecule has 0 spiro atoms. The zero-order valence-corrected chi connectivity index (χ0v) is 48.6. The predicted octanol–water partition coefficient (Wildman–Crippen LogP) is -15.7. The lowest BCUT2D eigenvalue weighted by atomic mass is 9.93. The van der Waals surface area contributed by atoms with Crippen LogP contribution < -0.4 is 21.3 Å². The molecule has 1 unspecified atom stereocenters. The highest BCUT2D eigenvalue weighted by Crippen LogP contribution is 2.38. The zero-order chi connectivity index (χ0) is 66.5. The Kier molecular flexibility index (Phi) is 26.6. The SMILES string of the molecule is CC(=O)N[C@H]1[C@H](O[C@H]2[C@@H](O)[C@@H](CO)OC(O)[C@@H]2NC(C)=O)O[C@H](CO)[C@@H](O[C@@H]2O[C@H](CO[C@@H]3O[C@H](CO)[C@@H](O)[C@H](O[C@@H]4O[C@H](CO)[C@H](O)[C@H](O)[C@H]4O)[C@H]3NC(C)=O)[C@H](O)[C@H](O[C@@H]3O[C@H](CO)[C@@H](O)[C@H](O[C@@H]4O[C@H](CO)[C@H](O)[C@H](O)[C@H]4O)[C@H]3NC(C)=O)[C@H]2O)[C@@H]1O. The van der Waals surface area contributed by atoms with Crippen LogP contribution in [0.1, 0.15) is 27.7 Å². The topological polar surface area (TPSA) is 621 Å². The van der Waals surface area contributed by atoms with Gasteiger partial charge in [-0.25, -0.2) is 0 Å². The Labute approximate surface area is 510 Å². The molecule has 0 aromatic heterocycles. The van der Waals surface area contributed by atoms with Crippen LogP contribution >= 0.6 is 0 Å². The highest BCUT2D eigenvalue weighted by Gasteiger charge is 2.59. The molecule has 23 N–H and O–H groups in total. The average molecular weight is 1320 g/mol. The summed E-state index contributed by atoms with van der Waals surface area (Å²) < 4.78 is 76.3. The minimum absolute atomic E-state index is 0.775. The van der Waals surface area contributed by atoms with E-state index in [4.69, 9.17) is 61.6 Å². The first-order chi connectivity index (χ1) is 42.5. The number of hydrogen-bond donors (Lipinski definition) is 23. The Morgan fingerprint density at radius 3 is 1.04 bits per heavy atom. The molecule has 7 rings (SSSR count). The summed E-state index contributed by atoms with van der Waals surface area (Å²) in [4.78, 5) is 50.9. The van der Waals surface area contributed by atoms with Gasteiger partial charge in [0.05, 0.1) is 46.2 Å². The molecule has 0 aromatic carbocycles.